The largest absolute Gasteiger partial charge is 0.489 e. The highest BCUT2D eigenvalue weighted by Gasteiger charge is 2.01. The molecule has 2 aromatic rings. The summed E-state index contributed by atoms with van der Waals surface area (Å²) in [7, 11) is 0. The quantitative estimate of drug-likeness (QED) is 0.735. The number of ether oxygens (including phenoxy) is 1. The van der Waals surface area contributed by atoms with Crippen molar-refractivity contribution >= 4 is 11.6 Å². The van der Waals surface area contributed by atoms with E-state index in [-0.39, 0.29) is 0 Å². The van der Waals surface area contributed by atoms with Gasteiger partial charge in [-0.1, -0.05) is 55.8 Å². The van der Waals surface area contributed by atoms with E-state index in [1.165, 1.54) is 5.56 Å². The fraction of sp³-hybridized carbons (Fsp3) is 0.294. The Hall–Kier alpha value is -1.47. The number of halogens is 1. The smallest absolute Gasteiger partial charge is 0.119 e. The SMILES string of the molecule is CC(C)Cc1ccc(OCc2ccccc2Cl)cc1. The summed E-state index contributed by atoms with van der Waals surface area (Å²) in [5, 5.41) is 0.749. The molecule has 0 aromatic heterocycles. The second-order valence-electron chi connectivity index (χ2n) is 5.12. The summed E-state index contributed by atoms with van der Waals surface area (Å²) >= 11 is 6.09. The van der Waals surface area contributed by atoms with Gasteiger partial charge < -0.3 is 4.74 Å². The van der Waals surface area contributed by atoms with Gasteiger partial charge in [0.05, 0.1) is 0 Å². The first-order chi connectivity index (χ1) is 9.15. The maximum absolute atomic E-state index is 6.09. The lowest BCUT2D eigenvalue weighted by Gasteiger charge is -2.09. The van der Waals surface area contributed by atoms with Gasteiger partial charge in [-0.3, -0.25) is 0 Å². The highest BCUT2D eigenvalue weighted by molar-refractivity contribution is 6.31. The van der Waals surface area contributed by atoms with Gasteiger partial charge in [-0.05, 0) is 36.1 Å². The molecule has 0 atom stereocenters. The predicted octanol–water partition coefficient (Wildman–Crippen LogP) is 5.12. The minimum absolute atomic E-state index is 0.503. The van der Waals surface area contributed by atoms with Gasteiger partial charge in [0.15, 0.2) is 0 Å². The molecule has 100 valence electrons. The summed E-state index contributed by atoms with van der Waals surface area (Å²) in [5.74, 6) is 1.56. The Bertz CT molecular complexity index is 517. The molecule has 0 aliphatic carbocycles. The predicted molar refractivity (Wildman–Crippen MR) is 80.8 cm³/mol. The zero-order valence-electron chi connectivity index (χ0n) is 11.4. The molecule has 0 aliphatic rings. The van der Waals surface area contributed by atoms with Crippen LogP contribution in [0.4, 0.5) is 0 Å². The fourth-order valence-corrected chi connectivity index (χ4v) is 2.16. The Kier molecular flexibility index (Phi) is 4.86. The van der Waals surface area contributed by atoms with Gasteiger partial charge >= 0.3 is 0 Å². The van der Waals surface area contributed by atoms with Crippen molar-refractivity contribution in [2.45, 2.75) is 26.9 Å². The van der Waals surface area contributed by atoms with Crippen LogP contribution in [0.15, 0.2) is 48.5 Å². The van der Waals surface area contributed by atoms with Gasteiger partial charge in [-0.2, -0.15) is 0 Å². The van der Waals surface area contributed by atoms with Crippen LogP contribution in [0.5, 0.6) is 5.75 Å². The van der Waals surface area contributed by atoms with Crippen LogP contribution < -0.4 is 4.74 Å². The second-order valence-corrected chi connectivity index (χ2v) is 5.53. The normalized spacial score (nSPS) is 10.7. The van der Waals surface area contributed by atoms with Crippen molar-refractivity contribution in [2.24, 2.45) is 5.92 Å². The standard InChI is InChI=1S/C17H19ClO/c1-13(2)11-14-7-9-16(10-8-14)19-12-15-5-3-4-6-17(15)18/h3-10,13H,11-12H2,1-2H3. The first kappa shape index (κ1) is 14.0. The van der Waals surface area contributed by atoms with Crippen molar-refractivity contribution < 1.29 is 4.74 Å². The molecule has 2 aromatic carbocycles. The summed E-state index contributed by atoms with van der Waals surface area (Å²) in [4.78, 5) is 0. The Balaban J connectivity index is 1.95. The molecule has 0 unspecified atom stereocenters. The van der Waals surface area contributed by atoms with Gasteiger partial charge in [0.1, 0.15) is 12.4 Å². The number of benzene rings is 2. The molecule has 0 heterocycles. The number of rotatable bonds is 5. The van der Waals surface area contributed by atoms with Crippen LogP contribution in [0, 0.1) is 5.92 Å². The van der Waals surface area contributed by atoms with Crippen molar-refractivity contribution in [3.63, 3.8) is 0 Å². The molecule has 0 saturated heterocycles. The van der Waals surface area contributed by atoms with Gasteiger partial charge in [0.25, 0.3) is 0 Å². The molecule has 0 radical (unpaired) electrons. The van der Waals surface area contributed by atoms with Crippen molar-refractivity contribution in [3.05, 3.63) is 64.7 Å². The third kappa shape index (κ3) is 4.29. The van der Waals surface area contributed by atoms with Gasteiger partial charge in [0, 0.05) is 10.6 Å². The Morgan fingerprint density at radius 2 is 1.68 bits per heavy atom. The Morgan fingerprint density at radius 3 is 2.32 bits per heavy atom. The van der Waals surface area contributed by atoms with E-state index in [4.69, 9.17) is 16.3 Å². The van der Waals surface area contributed by atoms with E-state index in [0.29, 0.717) is 12.5 Å². The van der Waals surface area contributed by atoms with E-state index in [2.05, 4.69) is 26.0 Å². The summed E-state index contributed by atoms with van der Waals surface area (Å²) in [6, 6.07) is 16.1. The van der Waals surface area contributed by atoms with E-state index in [1.54, 1.807) is 0 Å². The van der Waals surface area contributed by atoms with Crippen LogP contribution in [0.1, 0.15) is 25.0 Å². The first-order valence-corrected chi connectivity index (χ1v) is 6.98. The van der Waals surface area contributed by atoms with E-state index < -0.39 is 0 Å². The zero-order valence-corrected chi connectivity index (χ0v) is 12.2. The average molecular weight is 275 g/mol. The van der Waals surface area contributed by atoms with Gasteiger partial charge in [0.2, 0.25) is 0 Å². The molecule has 2 heteroatoms. The van der Waals surface area contributed by atoms with Gasteiger partial charge in [-0.15, -0.1) is 0 Å². The summed E-state index contributed by atoms with van der Waals surface area (Å²) in [5.41, 5.74) is 2.36. The number of hydrogen-bond acceptors (Lipinski definition) is 1. The van der Waals surface area contributed by atoms with Gasteiger partial charge in [-0.25, -0.2) is 0 Å². The Morgan fingerprint density at radius 1 is 1.00 bits per heavy atom. The molecular weight excluding hydrogens is 256 g/mol. The van der Waals surface area contributed by atoms with Crippen LogP contribution >= 0.6 is 11.6 Å². The van der Waals surface area contributed by atoms with Crippen LogP contribution in [0.2, 0.25) is 5.02 Å². The maximum atomic E-state index is 6.09. The topological polar surface area (TPSA) is 9.23 Å². The first-order valence-electron chi connectivity index (χ1n) is 6.60. The minimum atomic E-state index is 0.503. The fourth-order valence-electron chi connectivity index (χ4n) is 1.97. The lowest BCUT2D eigenvalue weighted by molar-refractivity contribution is 0.306. The molecule has 0 fully saturated rings. The summed E-state index contributed by atoms with van der Waals surface area (Å²) in [6.45, 7) is 4.95. The van der Waals surface area contributed by atoms with Crippen LogP contribution in [0.25, 0.3) is 0 Å². The summed E-state index contributed by atoms with van der Waals surface area (Å²) < 4.78 is 5.75. The van der Waals surface area contributed by atoms with Crippen molar-refractivity contribution in [1.29, 1.82) is 0 Å². The summed E-state index contributed by atoms with van der Waals surface area (Å²) in [6.07, 6.45) is 1.10. The van der Waals surface area contributed by atoms with Crippen LogP contribution in [-0.4, -0.2) is 0 Å². The molecule has 2 rings (SSSR count). The minimum Gasteiger partial charge on any atom is -0.489 e. The second kappa shape index (κ2) is 6.63. The van der Waals surface area contributed by atoms with E-state index in [9.17, 15) is 0 Å². The van der Waals surface area contributed by atoms with Crippen molar-refractivity contribution in [2.75, 3.05) is 0 Å². The highest BCUT2D eigenvalue weighted by Crippen LogP contribution is 2.19. The van der Waals surface area contributed by atoms with Crippen LogP contribution in [-0.2, 0) is 13.0 Å². The Labute approximate surface area is 120 Å². The molecule has 0 aliphatic heterocycles. The highest BCUT2D eigenvalue weighted by atomic mass is 35.5. The third-order valence-corrected chi connectivity index (χ3v) is 3.29. The van der Waals surface area contributed by atoms with Crippen molar-refractivity contribution in [1.82, 2.24) is 0 Å². The maximum Gasteiger partial charge on any atom is 0.119 e. The molecular formula is C17H19ClO. The molecule has 19 heavy (non-hydrogen) atoms. The molecule has 0 saturated carbocycles. The lowest BCUT2D eigenvalue weighted by atomic mass is 10.0. The lowest BCUT2D eigenvalue weighted by Crippen LogP contribution is -1.97. The molecule has 0 N–H and O–H groups in total. The molecule has 0 spiro atoms. The third-order valence-electron chi connectivity index (χ3n) is 2.92. The monoisotopic (exact) mass is 274 g/mol. The zero-order chi connectivity index (χ0) is 13.7. The van der Waals surface area contributed by atoms with E-state index in [0.717, 1.165) is 22.8 Å². The van der Waals surface area contributed by atoms with E-state index >= 15 is 0 Å². The van der Waals surface area contributed by atoms with E-state index in [1.807, 2.05) is 36.4 Å². The van der Waals surface area contributed by atoms with Crippen molar-refractivity contribution in [3.8, 4) is 5.75 Å². The molecule has 0 bridgehead atoms. The average Bonchev–Trinajstić information content (AvgIpc) is 2.39. The van der Waals surface area contributed by atoms with Crippen LogP contribution in [0.3, 0.4) is 0 Å². The number of hydrogen-bond donors (Lipinski definition) is 0. The molecule has 0 amide bonds. The molecule has 1 nitrogen and oxygen atoms in total.